The van der Waals surface area contributed by atoms with Crippen molar-refractivity contribution in [3.8, 4) is 6.07 Å². The molecular weight excluding hydrogens is 284 g/mol. The van der Waals surface area contributed by atoms with E-state index in [9.17, 15) is 10.1 Å². The highest BCUT2D eigenvalue weighted by Crippen LogP contribution is 2.52. The third-order valence-electron chi connectivity index (χ3n) is 4.32. The van der Waals surface area contributed by atoms with E-state index in [1.807, 2.05) is 6.92 Å². The third kappa shape index (κ3) is 2.98. The van der Waals surface area contributed by atoms with Crippen molar-refractivity contribution >= 4 is 27.9 Å². The van der Waals surface area contributed by atoms with E-state index in [1.165, 1.54) is 24.2 Å². The Hall–Kier alpha value is -1.74. The highest BCUT2D eigenvalue weighted by atomic mass is 32.1. The van der Waals surface area contributed by atoms with Crippen molar-refractivity contribution in [2.24, 2.45) is 11.3 Å². The molecule has 5 nitrogen and oxygen atoms in total. The molecule has 0 bridgehead atoms. The SMILES string of the molecule is CCNC(=O)c1sc(NCC2(C(C)C)CC2)c(C#N)c1N. The number of amides is 1. The summed E-state index contributed by atoms with van der Waals surface area (Å²) in [6, 6.07) is 2.11. The number of thiophene rings is 1. The van der Waals surface area contributed by atoms with E-state index in [-0.39, 0.29) is 11.6 Å². The Balaban J connectivity index is 2.18. The Kier molecular flexibility index (Phi) is 4.43. The summed E-state index contributed by atoms with van der Waals surface area (Å²) in [6.45, 7) is 7.67. The Bertz CT molecular complexity index is 581. The molecule has 1 fully saturated rings. The minimum Gasteiger partial charge on any atom is -0.396 e. The van der Waals surface area contributed by atoms with Crippen LogP contribution in [-0.4, -0.2) is 19.0 Å². The summed E-state index contributed by atoms with van der Waals surface area (Å²) >= 11 is 1.27. The number of carbonyl (C=O) groups excluding carboxylic acids is 1. The predicted octanol–water partition coefficient (Wildman–Crippen LogP) is 2.80. The van der Waals surface area contributed by atoms with Crippen molar-refractivity contribution in [1.82, 2.24) is 5.32 Å². The lowest BCUT2D eigenvalue weighted by atomic mass is 9.92. The van der Waals surface area contributed by atoms with Crippen molar-refractivity contribution in [2.75, 3.05) is 24.1 Å². The number of nitrogens with one attached hydrogen (secondary N) is 2. The van der Waals surface area contributed by atoms with Crippen LogP contribution in [0, 0.1) is 22.7 Å². The van der Waals surface area contributed by atoms with Gasteiger partial charge in [0.1, 0.15) is 21.5 Å². The van der Waals surface area contributed by atoms with Crippen LogP contribution in [0.3, 0.4) is 0 Å². The van der Waals surface area contributed by atoms with Gasteiger partial charge in [-0.15, -0.1) is 11.3 Å². The fourth-order valence-corrected chi connectivity index (χ4v) is 3.45. The van der Waals surface area contributed by atoms with Crippen molar-refractivity contribution in [3.63, 3.8) is 0 Å². The first-order valence-corrected chi connectivity index (χ1v) is 8.11. The van der Waals surface area contributed by atoms with Crippen molar-refractivity contribution in [2.45, 2.75) is 33.6 Å². The lowest BCUT2D eigenvalue weighted by Gasteiger charge is -2.20. The largest absolute Gasteiger partial charge is 0.396 e. The Morgan fingerprint density at radius 2 is 2.19 bits per heavy atom. The standard InChI is InChI=1S/C15H22N4OS/c1-4-18-13(20)12-11(17)10(7-16)14(21-12)19-8-15(5-6-15)9(2)3/h9,19H,4-6,8,17H2,1-3H3,(H,18,20). The van der Waals surface area contributed by atoms with Crippen LogP contribution in [0.25, 0.3) is 0 Å². The summed E-state index contributed by atoms with van der Waals surface area (Å²) in [5, 5.41) is 16.1. The molecule has 1 aliphatic carbocycles. The maximum atomic E-state index is 12.0. The molecule has 0 radical (unpaired) electrons. The van der Waals surface area contributed by atoms with E-state index in [1.54, 1.807) is 0 Å². The van der Waals surface area contributed by atoms with Gasteiger partial charge in [-0.05, 0) is 31.1 Å². The molecule has 6 heteroatoms. The summed E-state index contributed by atoms with van der Waals surface area (Å²) in [6.07, 6.45) is 2.42. The molecule has 4 N–H and O–H groups in total. The summed E-state index contributed by atoms with van der Waals surface area (Å²) in [4.78, 5) is 12.4. The molecule has 0 aliphatic heterocycles. The van der Waals surface area contributed by atoms with Crippen LogP contribution >= 0.6 is 11.3 Å². The molecule has 0 spiro atoms. The summed E-state index contributed by atoms with van der Waals surface area (Å²) in [5.74, 6) is 0.394. The van der Waals surface area contributed by atoms with Crippen LogP contribution in [0.4, 0.5) is 10.7 Å². The first-order valence-electron chi connectivity index (χ1n) is 7.29. The maximum Gasteiger partial charge on any atom is 0.263 e. The second kappa shape index (κ2) is 5.94. The zero-order valence-electron chi connectivity index (χ0n) is 12.7. The van der Waals surface area contributed by atoms with E-state index >= 15 is 0 Å². The Morgan fingerprint density at radius 3 is 2.67 bits per heavy atom. The number of nitrogens with zero attached hydrogens (tertiary/aromatic N) is 1. The van der Waals surface area contributed by atoms with Gasteiger partial charge in [0, 0.05) is 13.1 Å². The van der Waals surface area contributed by atoms with Gasteiger partial charge in [0.2, 0.25) is 0 Å². The van der Waals surface area contributed by atoms with Crippen molar-refractivity contribution in [1.29, 1.82) is 5.26 Å². The molecular formula is C15H22N4OS. The van der Waals surface area contributed by atoms with E-state index in [0.717, 1.165) is 6.54 Å². The van der Waals surface area contributed by atoms with Crippen LogP contribution in [0.1, 0.15) is 48.8 Å². The number of nitrogens with two attached hydrogens (primary N) is 1. The van der Waals surface area contributed by atoms with Gasteiger partial charge < -0.3 is 16.4 Å². The number of nitriles is 1. The number of hydrogen-bond acceptors (Lipinski definition) is 5. The number of carbonyl (C=O) groups is 1. The van der Waals surface area contributed by atoms with E-state index in [4.69, 9.17) is 5.73 Å². The molecule has 21 heavy (non-hydrogen) atoms. The van der Waals surface area contributed by atoms with Crippen LogP contribution in [0.5, 0.6) is 0 Å². The summed E-state index contributed by atoms with van der Waals surface area (Å²) in [5.41, 5.74) is 6.95. The fourth-order valence-electron chi connectivity index (χ4n) is 2.46. The molecule has 1 aromatic rings. The zero-order valence-corrected chi connectivity index (χ0v) is 13.6. The monoisotopic (exact) mass is 306 g/mol. The number of hydrogen-bond donors (Lipinski definition) is 3. The van der Waals surface area contributed by atoms with Crippen molar-refractivity contribution < 1.29 is 4.79 Å². The van der Waals surface area contributed by atoms with Gasteiger partial charge in [-0.1, -0.05) is 13.8 Å². The highest BCUT2D eigenvalue weighted by Gasteiger charge is 2.45. The lowest BCUT2D eigenvalue weighted by Crippen LogP contribution is -2.22. The third-order valence-corrected chi connectivity index (χ3v) is 5.48. The first kappa shape index (κ1) is 15.6. The smallest absolute Gasteiger partial charge is 0.263 e. The number of rotatable bonds is 6. The van der Waals surface area contributed by atoms with E-state index in [2.05, 4.69) is 30.6 Å². The molecule has 0 atom stereocenters. The molecule has 1 aromatic heterocycles. The van der Waals surface area contributed by atoms with E-state index in [0.29, 0.717) is 33.3 Å². The van der Waals surface area contributed by atoms with Gasteiger partial charge in [0.25, 0.3) is 5.91 Å². The second-order valence-electron chi connectivity index (χ2n) is 5.89. The van der Waals surface area contributed by atoms with Gasteiger partial charge in [0.15, 0.2) is 0 Å². The highest BCUT2D eigenvalue weighted by molar-refractivity contribution is 7.18. The number of nitrogen functional groups attached to an aromatic ring is 1. The summed E-state index contributed by atoms with van der Waals surface area (Å²) < 4.78 is 0. The van der Waals surface area contributed by atoms with Gasteiger partial charge in [-0.25, -0.2) is 0 Å². The predicted molar refractivity (Wildman–Crippen MR) is 86.4 cm³/mol. The maximum absolute atomic E-state index is 12.0. The molecule has 0 aromatic carbocycles. The van der Waals surface area contributed by atoms with Gasteiger partial charge >= 0.3 is 0 Å². The van der Waals surface area contributed by atoms with Crippen molar-refractivity contribution in [3.05, 3.63) is 10.4 Å². The fraction of sp³-hybridized carbons (Fsp3) is 0.600. The molecule has 114 valence electrons. The topological polar surface area (TPSA) is 90.9 Å². The van der Waals surface area contributed by atoms with Gasteiger partial charge in [-0.3, -0.25) is 4.79 Å². The molecule has 0 unspecified atom stereocenters. The van der Waals surface area contributed by atoms with Crippen LogP contribution in [0.2, 0.25) is 0 Å². The molecule has 1 saturated carbocycles. The Morgan fingerprint density at radius 1 is 1.52 bits per heavy atom. The van der Waals surface area contributed by atoms with Crippen LogP contribution < -0.4 is 16.4 Å². The zero-order chi connectivity index (χ0) is 15.6. The minimum atomic E-state index is -0.213. The number of anilines is 2. The first-order chi connectivity index (χ1) is 9.95. The average Bonchev–Trinajstić information content (AvgIpc) is 3.16. The van der Waals surface area contributed by atoms with Gasteiger partial charge in [-0.2, -0.15) is 5.26 Å². The Labute approximate surface area is 129 Å². The lowest BCUT2D eigenvalue weighted by molar-refractivity contribution is 0.0960. The minimum absolute atomic E-state index is 0.213. The molecule has 0 saturated heterocycles. The average molecular weight is 306 g/mol. The summed E-state index contributed by atoms with van der Waals surface area (Å²) in [7, 11) is 0. The van der Waals surface area contributed by atoms with Crippen LogP contribution in [0.15, 0.2) is 0 Å². The van der Waals surface area contributed by atoms with Crippen LogP contribution in [-0.2, 0) is 0 Å². The van der Waals surface area contributed by atoms with E-state index < -0.39 is 0 Å². The quantitative estimate of drug-likeness (QED) is 0.753. The molecule has 1 amide bonds. The van der Waals surface area contributed by atoms with Gasteiger partial charge in [0.05, 0.1) is 5.69 Å². The molecule has 1 aliphatic rings. The molecule has 1 heterocycles. The normalized spacial score (nSPS) is 15.6. The second-order valence-corrected chi connectivity index (χ2v) is 6.91. The molecule has 2 rings (SSSR count).